The Hall–Kier alpha value is -0.200. The van der Waals surface area contributed by atoms with Gasteiger partial charge in [-0.3, -0.25) is 14.7 Å². The van der Waals surface area contributed by atoms with E-state index in [-0.39, 0.29) is 34.8 Å². The van der Waals surface area contributed by atoms with E-state index in [0.717, 1.165) is 19.4 Å². The summed E-state index contributed by atoms with van der Waals surface area (Å²) in [7, 11) is 0. The Bertz CT molecular complexity index is 573. The molecule has 0 radical (unpaired) electrons. The van der Waals surface area contributed by atoms with Gasteiger partial charge in [-0.25, -0.2) is 0 Å². The highest BCUT2D eigenvalue weighted by Crippen LogP contribution is 2.44. The van der Waals surface area contributed by atoms with Gasteiger partial charge in [0.1, 0.15) is 0 Å². The summed E-state index contributed by atoms with van der Waals surface area (Å²) in [5.74, 6) is 0. The lowest BCUT2D eigenvalue weighted by Crippen LogP contribution is -2.63. The van der Waals surface area contributed by atoms with Gasteiger partial charge in [0.2, 0.25) is 0 Å². The monoisotopic (exact) mass is 408 g/mol. The van der Waals surface area contributed by atoms with Gasteiger partial charge in [0.15, 0.2) is 0 Å². The molecule has 6 atom stereocenters. The molecule has 0 saturated carbocycles. The molecule has 5 heteroatoms. The highest BCUT2D eigenvalue weighted by molar-refractivity contribution is 5.12. The molecule has 0 aromatic carbocycles. The van der Waals surface area contributed by atoms with Gasteiger partial charge in [-0.1, -0.05) is 0 Å². The van der Waals surface area contributed by atoms with E-state index in [1.54, 1.807) is 0 Å². The minimum Gasteiger partial charge on any atom is -0.391 e. The van der Waals surface area contributed by atoms with Crippen LogP contribution in [0.15, 0.2) is 0 Å². The third-order valence-corrected chi connectivity index (χ3v) is 7.57. The molecule has 170 valence electrons. The molecule has 3 rings (SSSR count). The first kappa shape index (κ1) is 23.5. The molecule has 29 heavy (non-hydrogen) atoms. The summed E-state index contributed by atoms with van der Waals surface area (Å²) in [5, 5.41) is 11.4. The van der Waals surface area contributed by atoms with Gasteiger partial charge in [-0.2, -0.15) is 0 Å². The first-order valence-electron chi connectivity index (χ1n) is 11.9. The minimum absolute atomic E-state index is 0.00912. The summed E-state index contributed by atoms with van der Waals surface area (Å²) in [5.41, 5.74) is 6.70. The molecule has 0 bridgehead atoms. The van der Waals surface area contributed by atoms with Gasteiger partial charge in [0.05, 0.1) is 12.1 Å². The van der Waals surface area contributed by atoms with Crippen molar-refractivity contribution in [2.24, 2.45) is 5.73 Å². The largest absolute Gasteiger partial charge is 0.391 e. The maximum absolute atomic E-state index is 11.4. The topological polar surface area (TPSA) is 56.0 Å². The first-order valence-corrected chi connectivity index (χ1v) is 11.9. The fourth-order valence-electron chi connectivity index (χ4n) is 6.66. The number of nitrogens with zero attached hydrogens (tertiary/aromatic N) is 3. The lowest BCUT2D eigenvalue weighted by atomic mass is 9.93. The Balaban J connectivity index is 1.96. The smallest absolute Gasteiger partial charge is 0.0726 e. The van der Waals surface area contributed by atoms with Gasteiger partial charge in [0, 0.05) is 47.3 Å². The summed E-state index contributed by atoms with van der Waals surface area (Å²) in [6, 6.07) is 1.58. The molecule has 5 nitrogen and oxygen atoms in total. The van der Waals surface area contributed by atoms with Crippen molar-refractivity contribution >= 4 is 0 Å². The van der Waals surface area contributed by atoms with Gasteiger partial charge >= 0.3 is 0 Å². The molecule has 0 aliphatic carbocycles. The minimum atomic E-state index is -0.290. The molecule has 6 unspecified atom stereocenters. The Morgan fingerprint density at radius 3 is 1.86 bits per heavy atom. The second-order valence-corrected chi connectivity index (χ2v) is 12.9. The average Bonchev–Trinajstić information content (AvgIpc) is 3.20. The Labute approximate surface area is 180 Å². The van der Waals surface area contributed by atoms with E-state index in [9.17, 15) is 5.11 Å². The number of hydrogen-bond donors (Lipinski definition) is 2. The second kappa shape index (κ2) is 7.74. The molecular formula is C24H48N4O. The normalized spacial score (nSPS) is 39.0. The predicted octanol–water partition coefficient (Wildman–Crippen LogP) is 3.05. The first-order chi connectivity index (χ1) is 13.1. The Kier molecular flexibility index (Phi) is 6.26. The molecule has 0 amide bonds. The van der Waals surface area contributed by atoms with Crippen molar-refractivity contribution in [3.05, 3.63) is 0 Å². The molecule has 3 heterocycles. The van der Waals surface area contributed by atoms with E-state index in [2.05, 4.69) is 77.0 Å². The van der Waals surface area contributed by atoms with Crippen LogP contribution in [0.1, 0.15) is 88.0 Å². The summed E-state index contributed by atoms with van der Waals surface area (Å²) in [6.07, 6.45) is 4.07. The van der Waals surface area contributed by atoms with E-state index in [1.165, 1.54) is 19.4 Å². The van der Waals surface area contributed by atoms with E-state index in [1.807, 2.05) is 0 Å². The molecule has 0 spiro atoms. The van der Waals surface area contributed by atoms with Crippen LogP contribution in [0.25, 0.3) is 0 Å². The predicted molar refractivity (Wildman–Crippen MR) is 122 cm³/mol. The van der Waals surface area contributed by atoms with Crippen molar-refractivity contribution in [2.75, 3.05) is 13.1 Å². The number of hydrogen-bond acceptors (Lipinski definition) is 5. The number of nitrogens with two attached hydrogens (primary N) is 1. The quantitative estimate of drug-likeness (QED) is 0.735. The van der Waals surface area contributed by atoms with Crippen LogP contribution in [0.3, 0.4) is 0 Å². The standard InChI is InChI=1S/C24H48N4O/c1-22(2,3)26-12-10-11-17(26)18-14-20(29)21(28(18)24(7,8)9)19-13-16(25)15-27(19)23(4,5)6/h16-21,29H,10-15,25H2,1-9H3. The lowest BCUT2D eigenvalue weighted by Gasteiger charge is -2.50. The van der Waals surface area contributed by atoms with Crippen molar-refractivity contribution in [3.8, 4) is 0 Å². The number of rotatable bonds is 2. The maximum Gasteiger partial charge on any atom is 0.0726 e. The fraction of sp³-hybridized carbons (Fsp3) is 1.00. The maximum atomic E-state index is 11.4. The lowest BCUT2D eigenvalue weighted by molar-refractivity contribution is -0.0376. The summed E-state index contributed by atoms with van der Waals surface area (Å²) in [6.45, 7) is 23.0. The highest BCUT2D eigenvalue weighted by Gasteiger charge is 2.56. The van der Waals surface area contributed by atoms with Crippen molar-refractivity contribution in [1.82, 2.24) is 14.7 Å². The molecule has 3 aliphatic rings. The summed E-state index contributed by atoms with van der Waals surface area (Å²) in [4.78, 5) is 7.98. The zero-order chi connectivity index (χ0) is 21.9. The van der Waals surface area contributed by atoms with Crippen molar-refractivity contribution in [1.29, 1.82) is 0 Å². The molecule has 3 fully saturated rings. The zero-order valence-corrected chi connectivity index (χ0v) is 20.6. The molecule has 0 aromatic rings. The number of likely N-dealkylation sites (tertiary alicyclic amines) is 3. The SMILES string of the molecule is CC(C)(C)N1CCCC1C1CC(O)C(C2CC(N)CN2C(C)(C)C)N1C(C)(C)C. The van der Waals surface area contributed by atoms with E-state index < -0.39 is 0 Å². The third kappa shape index (κ3) is 4.55. The van der Waals surface area contributed by atoms with Gasteiger partial charge in [-0.15, -0.1) is 0 Å². The summed E-state index contributed by atoms with van der Waals surface area (Å²) >= 11 is 0. The van der Waals surface area contributed by atoms with Crippen molar-refractivity contribution < 1.29 is 5.11 Å². The van der Waals surface area contributed by atoms with Crippen molar-refractivity contribution in [2.45, 2.75) is 141 Å². The molecule has 3 aliphatic heterocycles. The molecule has 3 N–H and O–H groups in total. The summed E-state index contributed by atoms with van der Waals surface area (Å²) < 4.78 is 0. The number of aliphatic hydroxyl groups is 1. The van der Waals surface area contributed by atoms with Crippen molar-refractivity contribution in [3.63, 3.8) is 0 Å². The molecule has 3 saturated heterocycles. The van der Waals surface area contributed by atoms with Crippen LogP contribution >= 0.6 is 0 Å². The zero-order valence-electron chi connectivity index (χ0n) is 20.6. The Morgan fingerprint density at radius 2 is 1.34 bits per heavy atom. The third-order valence-electron chi connectivity index (χ3n) is 7.57. The van der Waals surface area contributed by atoms with Gasteiger partial charge < -0.3 is 10.8 Å². The fourth-order valence-corrected chi connectivity index (χ4v) is 6.66. The second-order valence-electron chi connectivity index (χ2n) is 12.9. The van der Waals surface area contributed by atoms with Gasteiger partial charge in [0.25, 0.3) is 0 Å². The van der Waals surface area contributed by atoms with Crippen LogP contribution in [-0.2, 0) is 0 Å². The van der Waals surface area contributed by atoms with E-state index in [4.69, 9.17) is 5.73 Å². The van der Waals surface area contributed by atoms with Crippen LogP contribution in [0, 0.1) is 0 Å². The Morgan fingerprint density at radius 1 is 0.759 bits per heavy atom. The van der Waals surface area contributed by atoms with Crippen LogP contribution in [0.4, 0.5) is 0 Å². The molecule has 0 aromatic heterocycles. The highest BCUT2D eigenvalue weighted by atomic mass is 16.3. The van der Waals surface area contributed by atoms with E-state index >= 15 is 0 Å². The van der Waals surface area contributed by atoms with Crippen LogP contribution < -0.4 is 5.73 Å². The van der Waals surface area contributed by atoms with Crippen LogP contribution in [0.5, 0.6) is 0 Å². The van der Waals surface area contributed by atoms with Crippen LogP contribution in [0.2, 0.25) is 0 Å². The van der Waals surface area contributed by atoms with Crippen LogP contribution in [-0.4, -0.2) is 85.8 Å². The van der Waals surface area contributed by atoms with E-state index in [0.29, 0.717) is 18.1 Å². The average molecular weight is 409 g/mol. The van der Waals surface area contributed by atoms with Gasteiger partial charge in [-0.05, 0) is 94.5 Å². The molecular weight excluding hydrogens is 360 g/mol. The number of aliphatic hydroxyl groups excluding tert-OH is 1.